The van der Waals surface area contributed by atoms with Gasteiger partial charge in [-0.1, -0.05) is 5.16 Å². The number of carbonyl (C=O) groups excluding carboxylic acids is 1. The van der Waals surface area contributed by atoms with E-state index in [1.165, 1.54) is 37.1 Å². The minimum Gasteiger partial charge on any atom is -0.409 e. The maximum Gasteiger partial charge on any atom is 0.274 e. The van der Waals surface area contributed by atoms with Gasteiger partial charge in [0, 0.05) is 11.8 Å². The van der Waals surface area contributed by atoms with Gasteiger partial charge in [-0.2, -0.15) is 0 Å². The van der Waals surface area contributed by atoms with E-state index in [4.69, 9.17) is 10.9 Å². The van der Waals surface area contributed by atoms with Gasteiger partial charge in [-0.15, -0.1) is 0 Å². The quantitative estimate of drug-likeness (QED) is 0.313. The van der Waals surface area contributed by atoms with Crippen LogP contribution in [0.5, 0.6) is 0 Å². The van der Waals surface area contributed by atoms with E-state index in [1.54, 1.807) is 0 Å². The maximum absolute atomic E-state index is 11.8. The predicted octanol–water partition coefficient (Wildman–Crippen LogP) is 0.218. The number of nitrogens with zero attached hydrogens (tertiary/aromatic N) is 4. The number of carbonyl (C=O) groups is 1. The van der Waals surface area contributed by atoms with E-state index in [-0.39, 0.29) is 11.5 Å². The summed E-state index contributed by atoms with van der Waals surface area (Å²) >= 11 is 0. The van der Waals surface area contributed by atoms with Crippen LogP contribution in [0.4, 0.5) is 5.69 Å². The second-order valence-corrected chi connectivity index (χ2v) is 3.50. The molecule has 0 aliphatic rings. The molecule has 0 bridgehead atoms. The number of amides is 1. The van der Waals surface area contributed by atoms with Crippen molar-refractivity contribution in [1.82, 2.24) is 15.0 Å². The Labute approximate surface area is 108 Å². The van der Waals surface area contributed by atoms with E-state index in [9.17, 15) is 4.79 Å². The van der Waals surface area contributed by atoms with Crippen LogP contribution in [0.15, 0.2) is 42.2 Å². The van der Waals surface area contributed by atoms with E-state index < -0.39 is 5.91 Å². The molecule has 0 spiro atoms. The van der Waals surface area contributed by atoms with Crippen LogP contribution >= 0.6 is 0 Å². The molecular formula is C11H10N6O2. The zero-order valence-corrected chi connectivity index (χ0v) is 9.69. The minimum absolute atomic E-state index is 0.0732. The molecule has 0 aliphatic carbocycles. The summed E-state index contributed by atoms with van der Waals surface area (Å²) < 4.78 is 0. The number of nitrogens with two attached hydrogens (primary N) is 1. The third-order valence-electron chi connectivity index (χ3n) is 2.22. The van der Waals surface area contributed by atoms with Crippen molar-refractivity contribution in [3.63, 3.8) is 0 Å². The fourth-order valence-electron chi connectivity index (χ4n) is 1.30. The molecule has 96 valence electrons. The monoisotopic (exact) mass is 258 g/mol. The second-order valence-electron chi connectivity index (χ2n) is 3.50. The summed E-state index contributed by atoms with van der Waals surface area (Å²) in [7, 11) is 0. The van der Waals surface area contributed by atoms with Crippen molar-refractivity contribution in [2.24, 2.45) is 10.9 Å². The molecule has 8 heteroatoms. The average Bonchev–Trinajstić information content (AvgIpc) is 2.47. The largest absolute Gasteiger partial charge is 0.409 e. The highest BCUT2D eigenvalue weighted by Gasteiger charge is 2.08. The Morgan fingerprint density at radius 1 is 1.26 bits per heavy atom. The van der Waals surface area contributed by atoms with Gasteiger partial charge in [0.15, 0.2) is 5.84 Å². The van der Waals surface area contributed by atoms with Crippen LogP contribution < -0.4 is 11.1 Å². The lowest BCUT2D eigenvalue weighted by Crippen LogP contribution is -2.16. The standard InChI is InChI=1S/C11H10N6O2/c12-10(17-19)7-1-2-9(15-3-7)11(18)16-8-4-13-6-14-5-8/h1-6,19H,(H2,12,17)(H,16,18). The first-order chi connectivity index (χ1) is 9.20. The first-order valence-electron chi connectivity index (χ1n) is 5.21. The van der Waals surface area contributed by atoms with Crippen LogP contribution in [0.3, 0.4) is 0 Å². The third kappa shape index (κ3) is 3.00. The topological polar surface area (TPSA) is 126 Å². The molecule has 0 saturated carbocycles. The number of pyridine rings is 1. The highest BCUT2D eigenvalue weighted by molar-refractivity contribution is 6.03. The van der Waals surface area contributed by atoms with Crippen molar-refractivity contribution >= 4 is 17.4 Å². The molecule has 2 aromatic heterocycles. The maximum atomic E-state index is 11.8. The Bertz CT molecular complexity index is 596. The molecule has 0 fully saturated rings. The lowest BCUT2D eigenvalue weighted by atomic mass is 10.2. The zero-order valence-electron chi connectivity index (χ0n) is 9.69. The summed E-state index contributed by atoms with van der Waals surface area (Å²) in [5, 5.41) is 13.9. The summed E-state index contributed by atoms with van der Waals surface area (Å²) in [6, 6.07) is 2.99. The second kappa shape index (κ2) is 5.54. The fraction of sp³-hybridized carbons (Fsp3) is 0. The van der Waals surface area contributed by atoms with E-state index in [2.05, 4.69) is 25.4 Å². The Hall–Kier alpha value is -3.03. The van der Waals surface area contributed by atoms with Crippen LogP contribution in [-0.4, -0.2) is 31.9 Å². The first-order valence-corrected chi connectivity index (χ1v) is 5.21. The number of aromatic nitrogens is 3. The molecule has 0 radical (unpaired) electrons. The summed E-state index contributed by atoms with van der Waals surface area (Å²) in [5.74, 6) is -0.475. The molecule has 0 aromatic carbocycles. The van der Waals surface area contributed by atoms with Gasteiger partial charge >= 0.3 is 0 Å². The summed E-state index contributed by atoms with van der Waals surface area (Å²) in [4.78, 5) is 23.3. The zero-order chi connectivity index (χ0) is 13.7. The summed E-state index contributed by atoms with van der Waals surface area (Å²) in [5.41, 5.74) is 6.47. The molecule has 2 rings (SSSR count). The molecule has 2 heterocycles. The highest BCUT2D eigenvalue weighted by Crippen LogP contribution is 2.05. The van der Waals surface area contributed by atoms with Gasteiger partial charge in [0.05, 0.1) is 18.1 Å². The van der Waals surface area contributed by atoms with E-state index in [1.807, 2.05) is 0 Å². The molecule has 0 saturated heterocycles. The van der Waals surface area contributed by atoms with Crippen LogP contribution in [0, 0.1) is 0 Å². The lowest BCUT2D eigenvalue weighted by Gasteiger charge is -2.04. The van der Waals surface area contributed by atoms with Gasteiger partial charge < -0.3 is 16.3 Å². The molecule has 0 unspecified atom stereocenters. The Balaban J connectivity index is 2.12. The van der Waals surface area contributed by atoms with Crippen molar-refractivity contribution in [2.45, 2.75) is 0 Å². The first kappa shape index (κ1) is 12.4. The van der Waals surface area contributed by atoms with Crippen molar-refractivity contribution < 1.29 is 10.0 Å². The normalized spacial score (nSPS) is 11.1. The third-order valence-corrected chi connectivity index (χ3v) is 2.22. The van der Waals surface area contributed by atoms with Gasteiger partial charge in [-0.05, 0) is 12.1 Å². The van der Waals surface area contributed by atoms with Crippen molar-refractivity contribution in [3.05, 3.63) is 48.3 Å². The van der Waals surface area contributed by atoms with E-state index in [0.717, 1.165) is 0 Å². The Morgan fingerprint density at radius 2 is 2.00 bits per heavy atom. The summed E-state index contributed by atoms with van der Waals surface area (Å²) in [6.07, 6.45) is 5.64. The van der Waals surface area contributed by atoms with E-state index in [0.29, 0.717) is 11.3 Å². The molecule has 4 N–H and O–H groups in total. The van der Waals surface area contributed by atoms with Gasteiger partial charge in [-0.3, -0.25) is 9.78 Å². The predicted molar refractivity (Wildman–Crippen MR) is 66.7 cm³/mol. The molecular weight excluding hydrogens is 248 g/mol. The highest BCUT2D eigenvalue weighted by atomic mass is 16.4. The molecule has 8 nitrogen and oxygen atoms in total. The molecule has 1 amide bonds. The number of nitrogens with one attached hydrogen (secondary N) is 1. The number of hydrogen-bond donors (Lipinski definition) is 3. The molecule has 0 atom stereocenters. The fourth-order valence-corrected chi connectivity index (χ4v) is 1.30. The average molecular weight is 258 g/mol. The minimum atomic E-state index is -0.402. The van der Waals surface area contributed by atoms with Gasteiger partial charge in [0.1, 0.15) is 12.0 Å². The Morgan fingerprint density at radius 3 is 2.58 bits per heavy atom. The Kier molecular flexibility index (Phi) is 3.62. The van der Waals surface area contributed by atoms with Crippen LogP contribution in [-0.2, 0) is 0 Å². The molecule has 19 heavy (non-hydrogen) atoms. The van der Waals surface area contributed by atoms with Crippen molar-refractivity contribution in [1.29, 1.82) is 0 Å². The summed E-state index contributed by atoms with van der Waals surface area (Å²) in [6.45, 7) is 0. The van der Waals surface area contributed by atoms with Crippen LogP contribution in [0.2, 0.25) is 0 Å². The van der Waals surface area contributed by atoms with E-state index >= 15 is 0 Å². The molecule has 2 aromatic rings. The van der Waals surface area contributed by atoms with Crippen molar-refractivity contribution in [2.75, 3.05) is 5.32 Å². The number of oxime groups is 1. The van der Waals surface area contributed by atoms with Gasteiger partial charge in [0.25, 0.3) is 5.91 Å². The smallest absolute Gasteiger partial charge is 0.274 e. The lowest BCUT2D eigenvalue weighted by molar-refractivity contribution is 0.102. The molecule has 0 aliphatic heterocycles. The number of amidine groups is 1. The van der Waals surface area contributed by atoms with Crippen LogP contribution in [0.25, 0.3) is 0 Å². The number of anilines is 1. The number of rotatable bonds is 3. The van der Waals surface area contributed by atoms with Gasteiger partial charge in [0.2, 0.25) is 0 Å². The van der Waals surface area contributed by atoms with Crippen molar-refractivity contribution in [3.8, 4) is 0 Å². The van der Waals surface area contributed by atoms with Crippen LogP contribution in [0.1, 0.15) is 16.1 Å². The number of hydrogen-bond acceptors (Lipinski definition) is 6. The SMILES string of the molecule is N/C(=N/O)c1ccc(C(=O)Nc2cncnc2)nc1. The van der Waals surface area contributed by atoms with Gasteiger partial charge in [-0.25, -0.2) is 9.97 Å².